The summed E-state index contributed by atoms with van der Waals surface area (Å²) >= 11 is 0. The number of ether oxygens (including phenoxy) is 3. The van der Waals surface area contributed by atoms with Gasteiger partial charge in [-0.05, 0) is 30.3 Å². The maximum Gasteiger partial charge on any atom is 0.267 e. The van der Waals surface area contributed by atoms with Gasteiger partial charge in [-0.2, -0.15) is 5.10 Å². The first kappa shape index (κ1) is 21.4. The summed E-state index contributed by atoms with van der Waals surface area (Å²) in [6.07, 6.45) is 0.817. The van der Waals surface area contributed by atoms with Crippen LogP contribution in [0.15, 0.2) is 59.4 Å². The molecule has 3 aromatic rings. The highest BCUT2D eigenvalue weighted by Crippen LogP contribution is 2.33. The van der Waals surface area contributed by atoms with Gasteiger partial charge in [0.05, 0.1) is 26.0 Å². The van der Waals surface area contributed by atoms with E-state index in [1.54, 1.807) is 25.1 Å². The largest absolute Gasteiger partial charge is 0.496 e. The van der Waals surface area contributed by atoms with E-state index in [1.807, 2.05) is 42.5 Å². The van der Waals surface area contributed by atoms with Gasteiger partial charge in [0.25, 0.3) is 5.56 Å². The number of fused-ring (bicyclic) bond motifs is 1. The molecule has 0 saturated carbocycles. The Morgan fingerprint density at radius 2 is 1.88 bits per heavy atom. The number of nitrogens with zero attached hydrogens (tertiary/aromatic N) is 3. The Hall–Kier alpha value is -3.81. The average Bonchev–Trinajstić information content (AvgIpc) is 3.05. The van der Waals surface area contributed by atoms with Gasteiger partial charge in [0, 0.05) is 37.2 Å². The molecule has 0 aliphatic carbocycles. The van der Waals surface area contributed by atoms with Crippen molar-refractivity contribution >= 4 is 5.91 Å². The lowest BCUT2D eigenvalue weighted by Gasteiger charge is -2.19. The molecule has 32 heavy (non-hydrogen) atoms. The molecule has 0 spiro atoms. The number of carbonyl (C=O) groups excluding carboxylic acids is 1. The first-order valence-corrected chi connectivity index (χ1v) is 10.4. The van der Waals surface area contributed by atoms with Crippen LogP contribution in [-0.2, 0) is 17.9 Å². The molecule has 1 amide bonds. The molecule has 2 aromatic carbocycles. The molecule has 1 aliphatic heterocycles. The molecule has 8 heteroatoms. The number of rotatable bonds is 6. The second-order valence-corrected chi connectivity index (χ2v) is 7.49. The lowest BCUT2D eigenvalue weighted by atomic mass is 10.1. The van der Waals surface area contributed by atoms with Crippen LogP contribution in [0.5, 0.6) is 17.2 Å². The quantitative estimate of drug-likeness (QED) is 0.592. The van der Waals surface area contributed by atoms with Crippen molar-refractivity contribution in [1.82, 2.24) is 14.7 Å². The van der Waals surface area contributed by atoms with Gasteiger partial charge in [-0.1, -0.05) is 18.2 Å². The topological polar surface area (TPSA) is 82.9 Å². The molecule has 1 aliphatic rings. The third-order valence-corrected chi connectivity index (χ3v) is 5.22. The number of methoxy groups -OCH3 is 1. The number of benzene rings is 2. The third-order valence-electron chi connectivity index (χ3n) is 5.22. The van der Waals surface area contributed by atoms with E-state index in [0.29, 0.717) is 42.7 Å². The third kappa shape index (κ3) is 4.74. The number of hydrogen-bond acceptors (Lipinski definition) is 6. The van der Waals surface area contributed by atoms with Crippen molar-refractivity contribution in [2.24, 2.45) is 0 Å². The lowest BCUT2D eigenvalue weighted by Crippen LogP contribution is -2.34. The Balaban J connectivity index is 1.52. The predicted molar refractivity (Wildman–Crippen MR) is 119 cm³/mol. The number of aromatic nitrogens is 2. The highest BCUT2D eigenvalue weighted by Gasteiger charge is 2.16. The molecule has 1 aromatic heterocycles. The van der Waals surface area contributed by atoms with Crippen molar-refractivity contribution in [3.8, 4) is 28.5 Å². The summed E-state index contributed by atoms with van der Waals surface area (Å²) in [6.45, 7) is 1.39. The normalized spacial score (nSPS) is 12.7. The fraction of sp³-hybridized carbons (Fsp3) is 0.292. The van der Waals surface area contributed by atoms with Crippen LogP contribution < -0.4 is 19.8 Å². The summed E-state index contributed by atoms with van der Waals surface area (Å²) in [5, 5.41) is 4.41. The predicted octanol–water partition coefficient (Wildman–Crippen LogP) is 2.74. The summed E-state index contributed by atoms with van der Waals surface area (Å²) in [5.41, 5.74) is 1.88. The van der Waals surface area contributed by atoms with Crippen LogP contribution in [0.2, 0.25) is 0 Å². The van der Waals surface area contributed by atoms with Gasteiger partial charge in [-0.25, -0.2) is 4.68 Å². The summed E-state index contributed by atoms with van der Waals surface area (Å²) < 4.78 is 17.9. The van der Waals surface area contributed by atoms with Gasteiger partial charge in [0.1, 0.15) is 12.3 Å². The molecule has 166 valence electrons. The van der Waals surface area contributed by atoms with E-state index in [0.717, 1.165) is 17.5 Å². The van der Waals surface area contributed by atoms with Crippen molar-refractivity contribution in [2.45, 2.75) is 19.5 Å². The van der Waals surface area contributed by atoms with Crippen molar-refractivity contribution in [3.05, 3.63) is 70.5 Å². The minimum absolute atomic E-state index is 0.164. The molecule has 0 unspecified atom stereocenters. The Kier molecular flexibility index (Phi) is 6.39. The van der Waals surface area contributed by atoms with Gasteiger partial charge >= 0.3 is 0 Å². The Bertz CT molecular complexity index is 1170. The van der Waals surface area contributed by atoms with Crippen LogP contribution in [0, 0.1) is 0 Å². The van der Waals surface area contributed by atoms with Crippen LogP contribution in [0.4, 0.5) is 0 Å². The minimum atomic E-state index is -0.345. The standard InChI is InChI=1S/C24H25N3O5/c1-26(15-18-6-3-4-7-20(18)30-2)24(29)16-27-23(28)11-9-19(25-27)17-8-10-21-22(14-17)32-13-5-12-31-21/h3-4,6-11,14H,5,12-13,15-16H2,1-2H3. The minimum Gasteiger partial charge on any atom is -0.496 e. The van der Waals surface area contributed by atoms with Gasteiger partial charge in [0.15, 0.2) is 11.5 Å². The first-order chi connectivity index (χ1) is 15.5. The van der Waals surface area contributed by atoms with Crippen molar-refractivity contribution in [3.63, 3.8) is 0 Å². The van der Waals surface area contributed by atoms with Gasteiger partial charge in [0.2, 0.25) is 5.91 Å². The average molecular weight is 435 g/mol. The molecule has 4 rings (SSSR count). The van der Waals surface area contributed by atoms with Crippen LogP contribution in [0.1, 0.15) is 12.0 Å². The van der Waals surface area contributed by atoms with E-state index in [4.69, 9.17) is 14.2 Å². The highest BCUT2D eigenvalue weighted by atomic mass is 16.5. The van der Waals surface area contributed by atoms with Crippen molar-refractivity contribution < 1.29 is 19.0 Å². The Morgan fingerprint density at radius 1 is 1.09 bits per heavy atom. The van der Waals surface area contributed by atoms with Crippen LogP contribution >= 0.6 is 0 Å². The fourth-order valence-corrected chi connectivity index (χ4v) is 3.46. The molecule has 0 N–H and O–H groups in total. The zero-order valence-electron chi connectivity index (χ0n) is 18.1. The zero-order chi connectivity index (χ0) is 22.5. The van der Waals surface area contributed by atoms with E-state index in [2.05, 4.69) is 5.10 Å². The van der Waals surface area contributed by atoms with Crippen LogP contribution in [-0.4, -0.2) is 48.0 Å². The van der Waals surface area contributed by atoms with E-state index in [9.17, 15) is 9.59 Å². The van der Waals surface area contributed by atoms with Crippen molar-refractivity contribution in [1.29, 1.82) is 0 Å². The SMILES string of the molecule is COc1ccccc1CN(C)C(=O)Cn1nc(-c2ccc3c(c2)OCCCO3)ccc1=O. The van der Waals surface area contributed by atoms with Gasteiger partial charge in [-0.3, -0.25) is 9.59 Å². The maximum atomic E-state index is 12.8. The van der Waals surface area contributed by atoms with E-state index in [-0.39, 0.29) is 18.0 Å². The molecular weight excluding hydrogens is 410 g/mol. The molecule has 2 heterocycles. The molecule has 0 saturated heterocycles. The second kappa shape index (κ2) is 9.55. The zero-order valence-corrected chi connectivity index (χ0v) is 18.1. The van der Waals surface area contributed by atoms with Gasteiger partial charge in [-0.15, -0.1) is 0 Å². The molecule has 0 radical (unpaired) electrons. The number of carbonyl (C=O) groups is 1. The molecular formula is C24H25N3O5. The van der Waals surface area contributed by atoms with Gasteiger partial charge < -0.3 is 19.1 Å². The molecule has 8 nitrogen and oxygen atoms in total. The number of likely N-dealkylation sites (N-methyl/N-ethyl adjacent to an activating group) is 1. The van der Waals surface area contributed by atoms with Crippen LogP contribution in [0.3, 0.4) is 0 Å². The summed E-state index contributed by atoms with van der Waals surface area (Å²) in [6, 6.07) is 16.1. The fourth-order valence-electron chi connectivity index (χ4n) is 3.46. The van der Waals surface area contributed by atoms with E-state index in [1.165, 1.54) is 10.7 Å². The number of amides is 1. The lowest BCUT2D eigenvalue weighted by molar-refractivity contribution is -0.131. The maximum absolute atomic E-state index is 12.8. The second-order valence-electron chi connectivity index (χ2n) is 7.49. The highest BCUT2D eigenvalue weighted by molar-refractivity contribution is 5.75. The Labute approximate surface area is 186 Å². The number of hydrogen-bond donors (Lipinski definition) is 0. The summed E-state index contributed by atoms with van der Waals surface area (Å²) in [7, 11) is 3.28. The van der Waals surface area contributed by atoms with E-state index < -0.39 is 0 Å². The van der Waals surface area contributed by atoms with E-state index >= 15 is 0 Å². The summed E-state index contributed by atoms with van der Waals surface area (Å²) in [4.78, 5) is 26.7. The van der Waals surface area contributed by atoms with Crippen LogP contribution in [0.25, 0.3) is 11.3 Å². The Morgan fingerprint density at radius 3 is 2.69 bits per heavy atom. The van der Waals surface area contributed by atoms with Crippen molar-refractivity contribution in [2.75, 3.05) is 27.4 Å². The molecule has 0 atom stereocenters. The molecule has 0 fully saturated rings. The number of para-hydroxylation sites is 1. The molecule has 0 bridgehead atoms. The first-order valence-electron chi connectivity index (χ1n) is 10.4. The summed E-state index contributed by atoms with van der Waals surface area (Å²) in [5.74, 6) is 1.81. The monoisotopic (exact) mass is 435 g/mol. The smallest absolute Gasteiger partial charge is 0.267 e.